The molecule has 1 amide bonds. The molecule has 0 aliphatic rings. The van der Waals surface area contributed by atoms with Gasteiger partial charge in [0, 0.05) is 16.3 Å². The molecule has 0 spiro atoms. The second-order valence-electron chi connectivity index (χ2n) is 8.14. The van der Waals surface area contributed by atoms with Crippen LogP contribution < -0.4 is 9.50 Å². The van der Waals surface area contributed by atoms with E-state index in [0.29, 0.717) is 16.1 Å². The third-order valence-electron chi connectivity index (χ3n) is 5.52. The van der Waals surface area contributed by atoms with E-state index in [1.54, 1.807) is 48.5 Å². The molecular formula is C28H21ClN2O4S. The summed E-state index contributed by atoms with van der Waals surface area (Å²) < 4.78 is 31.5. The fourth-order valence-corrected chi connectivity index (χ4v) is 4.66. The summed E-state index contributed by atoms with van der Waals surface area (Å²) in [6, 6.07) is 23.6. The molecule has 36 heavy (non-hydrogen) atoms. The minimum absolute atomic E-state index is 0.00629. The van der Waals surface area contributed by atoms with Gasteiger partial charge in [-0.25, -0.2) is 0 Å². The van der Waals surface area contributed by atoms with Gasteiger partial charge in [-0.3, -0.25) is 4.79 Å². The van der Waals surface area contributed by atoms with Gasteiger partial charge < -0.3 is 9.50 Å². The number of aryl methyl sites for hydroxylation is 2. The van der Waals surface area contributed by atoms with Crippen LogP contribution in [0.3, 0.4) is 0 Å². The molecule has 180 valence electrons. The number of nitriles is 1. The van der Waals surface area contributed by atoms with Crippen molar-refractivity contribution in [3.8, 4) is 11.8 Å². The summed E-state index contributed by atoms with van der Waals surface area (Å²) in [5, 5.41) is 14.3. The van der Waals surface area contributed by atoms with E-state index in [-0.39, 0.29) is 21.8 Å². The van der Waals surface area contributed by atoms with Crippen LogP contribution in [0.2, 0.25) is 5.02 Å². The van der Waals surface area contributed by atoms with Gasteiger partial charge in [0.2, 0.25) is 0 Å². The van der Waals surface area contributed by atoms with E-state index in [2.05, 4.69) is 5.32 Å². The Morgan fingerprint density at radius 2 is 1.72 bits per heavy atom. The van der Waals surface area contributed by atoms with Crippen LogP contribution in [0.5, 0.6) is 5.75 Å². The molecule has 0 bridgehead atoms. The highest BCUT2D eigenvalue weighted by molar-refractivity contribution is 7.87. The van der Waals surface area contributed by atoms with Crippen molar-refractivity contribution in [1.29, 1.82) is 5.26 Å². The topological polar surface area (TPSA) is 96.3 Å². The van der Waals surface area contributed by atoms with E-state index in [1.165, 1.54) is 24.3 Å². The maximum atomic E-state index is 13.0. The number of fused-ring (bicyclic) bond motifs is 1. The number of anilines is 1. The number of nitrogens with one attached hydrogen (secondary N) is 1. The van der Waals surface area contributed by atoms with Gasteiger partial charge in [0.15, 0.2) is 5.75 Å². The van der Waals surface area contributed by atoms with Crippen LogP contribution in [-0.4, -0.2) is 14.3 Å². The quantitative estimate of drug-likeness (QED) is 0.181. The Labute approximate surface area is 214 Å². The molecule has 4 rings (SSSR count). The van der Waals surface area contributed by atoms with E-state index < -0.39 is 16.0 Å². The van der Waals surface area contributed by atoms with E-state index in [1.807, 2.05) is 32.0 Å². The molecular weight excluding hydrogens is 496 g/mol. The fraction of sp³-hybridized carbons (Fsp3) is 0.0714. The Bertz CT molecular complexity index is 1650. The van der Waals surface area contributed by atoms with Crippen LogP contribution >= 0.6 is 11.6 Å². The molecule has 0 atom stereocenters. The third-order valence-corrected chi connectivity index (χ3v) is 7.18. The molecule has 4 aromatic rings. The van der Waals surface area contributed by atoms with Gasteiger partial charge in [0.05, 0.1) is 0 Å². The zero-order valence-corrected chi connectivity index (χ0v) is 21.0. The summed E-state index contributed by atoms with van der Waals surface area (Å²) in [4.78, 5) is 12.9. The number of hydrogen-bond donors (Lipinski definition) is 1. The largest absolute Gasteiger partial charge is 0.378 e. The van der Waals surface area contributed by atoms with Gasteiger partial charge in [-0.15, -0.1) is 0 Å². The van der Waals surface area contributed by atoms with E-state index >= 15 is 0 Å². The molecule has 6 nitrogen and oxygen atoms in total. The number of nitrogens with zero attached hydrogens (tertiary/aromatic N) is 1. The van der Waals surface area contributed by atoms with Crippen molar-refractivity contribution < 1.29 is 17.4 Å². The van der Waals surface area contributed by atoms with Crippen molar-refractivity contribution in [2.24, 2.45) is 0 Å². The van der Waals surface area contributed by atoms with Crippen molar-refractivity contribution >= 4 is 50.2 Å². The van der Waals surface area contributed by atoms with Gasteiger partial charge in [0.1, 0.15) is 16.5 Å². The first kappa shape index (κ1) is 25.0. The minimum Gasteiger partial charge on any atom is -0.378 e. The number of rotatable bonds is 6. The zero-order chi connectivity index (χ0) is 25.9. The average Bonchev–Trinajstić information content (AvgIpc) is 2.85. The van der Waals surface area contributed by atoms with Crippen molar-refractivity contribution in [2.45, 2.75) is 18.7 Å². The Morgan fingerprint density at radius 3 is 2.42 bits per heavy atom. The zero-order valence-electron chi connectivity index (χ0n) is 19.4. The first-order chi connectivity index (χ1) is 17.2. The Hall–Kier alpha value is -4.12. The number of carbonyl (C=O) groups is 1. The lowest BCUT2D eigenvalue weighted by atomic mass is 10.0. The molecule has 0 aliphatic heterocycles. The second-order valence-corrected chi connectivity index (χ2v) is 10.1. The Kier molecular flexibility index (Phi) is 7.11. The third kappa shape index (κ3) is 5.41. The van der Waals surface area contributed by atoms with Crippen molar-refractivity contribution in [2.75, 3.05) is 5.32 Å². The van der Waals surface area contributed by atoms with Crippen LogP contribution in [-0.2, 0) is 14.9 Å². The van der Waals surface area contributed by atoms with Crippen LogP contribution in [0.25, 0.3) is 16.8 Å². The SMILES string of the molecule is Cc1ccc(S(=O)(=O)Oc2ccc3ccccc3c2/C=C(\C#N)C(=O)Nc2ccc(C)c(Cl)c2)cc1. The lowest BCUT2D eigenvalue weighted by molar-refractivity contribution is -0.112. The van der Waals surface area contributed by atoms with Crippen LogP contribution in [0.1, 0.15) is 16.7 Å². The fourth-order valence-electron chi connectivity index (χ4n) is 3.53. The molecule has 0 aliphatic carbocycles. The molecule has 0 unspecified atom stereocenters. The van der Waals surface area contributed by atoms with Gasteiger partial charge in [-0.2, -0.15) is 13.7 Å². The number of benzene rings is 4. The summed E-state index contributed by atoms with van der Waals surface area (Å²) in [5.74, 6) is -0.675. The predicted octanol–water partition coefficient (Wildman–Crippen LogP) is 6.42. The maximum Gasteiger partial charge on any atom is 0.339 e. The van der Waals surface area contributed by atoms with Gasteiger partial charge in [-0.05, 0) is 66.6 Å². The monoisotopic (exact) mass is 516 g/mol. The van der Waals surface area contributed by atoms with Crippen LogP contribution in [0, 0.1) is 25.2 Å². The van der Waals surface area contributed by atoms with Crippen molar-refractivity contribution in [3.05, 3.63) is 106 Å². The van der Waals surface area contributed by atoms with Crippen molar-refractivity contribution in [3.63, 3.8) is 0 Å². The lowest BCUT2D eigenvalue weighted by Gasteiger charge is -2.13. The summed E-state index contributed by atoms with van der Waals surface area (Å²) in [7, 11) is -4.17. The Morgan fingerprint density at radius 1 is 1.00 bits per heavy atom. The average molecular weight is 517 g/mol. The highest BCUT2D eigenvalue weighted by Crippen LogP contribution is 2.32. The standard InChI is InChI=1S/C28H21ClN2O4S/c1-18-7-12-23(13-8-18)36(33,34)35-27-14-10-20-5-3-4-6-24(20)25(27)15-21(17-30)28(32)31-22-11-9-19(2)26(29)16-22/h3-16H,1-2H3,(H,31,32)/b21-15+. The molecule has 0 fully saturated rings. The normalized spacial score (nSPS) is 11.7. The molecule has 8 heteroatoms. The van der Waals surface area contributed by atoms with Gasteiger partial charge >= 0.3 is 10.1 Å². The molecule has 0 radical (unpaired) electrons. The van der Waals surface area contributed by atoms with Crippen LogP contribution in [0.4, 0.5) is 5.69 Å². The van der Waals surface area contributed by atoms with E-state index in [0.717, 1.165) is 16.5 Å². The first-order valence-electron chi connectivity index (χ1n) is 10.9. The minimum atomic E-state index is -4.17. The number of halogens is 1. The first-order valence-corrected chi connectivity index (χ1v) is 12.7. The molecule has 1 N–H and O–H groups in total. The summed E-state index contributed by atoms with van der Waals surface area (Å²) >= 11 is 6.14. The highest BCUT2D eigenvalue weighted by Gasteiger charge is 2.20. The highest BCUT2D eigenvalue weighted by atomic mass is 35.5. The van der Waals surface area contributed by atoms with Crippen LogP contribution in [0.15, 0.2) is 89.3 Å². The van der Waals surface area contributed by atoms with E-state index in [4.69, 9.17) is 15.8 Å². The summed E-state index contributed by atoms with van der Waals surface area (Å²) in [6.07, 6.45) is 1.33. The lowest BCUT2D eigenvalue weighted by Crippen LogP contribution is -2.14. The smallest absolute Gasteiger partial charge is 0.339 e. The number of carbonyl (C=O) groups excluding carboxylic acids is 1. The summed E-state index contributed by atoms with van der Waals surface area (Å²) in [5.41, 5.74) is 2.23. The van der Waals surface area contributed by atoms with Gasteiger partial charge in [0.25, 0.3) is 5.91 Å². The van der Waals surface area contributed by atoms with Gasteiger partial charge in [-0.1, -0.05) is 65.7 Å². The molecule has 0 saturated heterocycles. The van der Waals surface area contributed by atoms with Crippen molar-refractivity contribution in [1.82, 2.24) is 0 Å². The maximum absolute atomic E-state index is 13.0. The molecule has 0 saturated carbocycles. The molecule has 0 heterocycles. The second kappa shape index (κ2) is 10.2. The summed E-state index contributed by atoms with van der Waals surface area (Å²) in [6.45, 7) is 3.68. The molecule has 0 aromatic heterocycles. The molecule has 4 aromatic carbocycles. The number of amides is 1. The predicted molar refractivity (Wildman–Crippen MR) is 141 cm³/mol. The van der Waals surface area contributed by atoms with E-state index in [9.17, 15) is 18.5 Å². The Balaban J connectivity index is 1.77. The number of hydrogen-bond acceptors (Lipinski definition) is 5.